The third-order valence-corrected chi connectivity index (χ3v) is 7.40. The van der Waals surface area contributed by atoms with Gasteiger partial charge < -0.3 is 9.84 Å². The fraction of sp³-hybridized carbons (Fsp3) is 0.182. The zero-order valence-electron chi connectivity index (χ0n) is 24.3. The number of benzene rings is 3. The summed E-state index contributed by atoms with van der Waals surface area (Å²) in [5, 5.41) is 31.1. The van der Waals surface area contributed by atoms with E-state index in [1.807, 2.05) is 42.5 Å². The van der Waals surface area contributed by atoms with Gasteiger partial charge in [0, 0.05) is 5.56 Å². The summed E-state index contributed by atoms with van der Waals surface area (Å²) in [5.41, 5.74) is 3.61. The number of ketones is 1. The number of hydrogen-bond acceptors (Lipinski definition) is 9. The second-order valence-corrected chi connectivity index (χ2v) is 10.8. The summed E-state index contributed by atoms with van der Waals surface area (Å²) in [6, 6.07) is 26.3. The minimum absolute atomic E-state index is 0.0462. The summed E-state index contributed by atoms with van der Waals surface area (Å²) in [7, 11) is 0. The summed E-state index contributed by atoms with van der Waals surface area (Å²) in [6.45, 7) is 6.33. The topological polar surface area (TPSA) is 136 Å². The van der Waals surface area contributed by atoms with Crippen molar-refractivity contribution in [2.45, 2.75) is 39.3 Å². The van der Waals surface area contributed by atoms with Crippen LogP contribution in [0.5, 0.6) is 11.8 Å². The predicted octanol–water partition coefficient (Wildman–Crippen LogP) is 5.52. The largest absolute Gasteiger partial charge is 0.503 e. The molecule has 0 radical (unpaired) electrons. The molecule has 6 rings (SSSR count). The van der Waals surface area contributed by atoms with Gasteiger partial charge in [-0.1, -0.05) is 85.7 Å². The molecule has 44 heavy (non-hydrogen) atoms. The number of amides is 1. The van der Waals surface area contributed by atoms with Crippen LogP contribution in [0.15, 0.2) is 102 Å². The lowest BCUT2D eigenvalue weighted by Gasteiger charge is -2.25. The number of aryl methyl sites for hydroxylation is 1. The number of anilines is 1. The smallest absolute Gasteiger partial charge is 0.341 e. The maximum atomic E-state index is 13.9. The van der Waals surface area contributed by atoms with Crippen LogP contribution in [0.4, 0.5) is 5.82 Å². The number of Topliss-reactive ketones (excluding diaryl/α,β-unsaturated/α-hetero) is 1. The van der Waals surface area contributed by atoms with Crippen LogP contribution in [0, 0.1) is 6.92 Å². The Morgan fingerprint density at radius 2 is 1.64 bits per heavy atom. The molecule has 1 amide bonds. The van der Waals surface area contributed by atoms with Gasteiger partial charge in [0.25, 0.3) is 5.91 Å². The number of tetrazole rings is 1. The van der Waals surface area contributed by atoms with Gasteiger partial charge in [-0.3, -0.25) is 14.5 Å². The lowest BCUT2D eigenvalue weighted by Crippen LogP contribution is -2.32. The summed E-state index contributed by atoms with van der Waals surface area (Å²) in [6.07, 6.45) is 0. The number of hydrogen-bond donors (Lipinski definition) is 1. The quantitative estimate of drug-likeness (QED) is 0.221. The second-order valence-electron chi connectivity index (χ2n) is 10.8. The molecule has 11 nitrogen and oxygen atoms in total. The first-order valence-corrected chi connectivity index (χ1v) is 14.1. The molecule has 1 unspecified atom stereocenters. The number of rotatable bonds is 9. The van der Waals surface area contributed by atoms with E-state index in [-0.39, 0.29) is 23.3 Å². The number of aliphatic hydroxyl groups excluding tert-OH is 1. The lowest BCUT2D eigenvalue weighted by molar-refractivity contribution is -0.117. The number of carbonyl (C=O) groups excluding carboxylic acids is 2. The molecule has 0 bridgehead atoms. The van der Waals surface area contributed by atoms with E-state index in [0.717, 1.165) is 11.1 Å². The highest BCUT2D eigenvalue weighted by atomic mass is 16.5. The van der Waals surface area contributed by atoms with Crippen LogP contribution < -0.4 is 9.64 Å². The first-order valence-electron chi connectivity index (χ1n) is 14.1. The molecule has 0 saturated heterocycles. The number of aliphatic hydroxyl groups is 1. The van der Waals surface area contributed by atoms with Gasteiger partial charge in [-0.05, 0) is 64.2 Å². The van der Waals surface area contributed by atoms with Crippen molar-refractivity contribution in [1.29, 1.82) is 0 Å². The molecule has 0 aliphatic carbocycles. The average Bonchev–Trinajstić information content (AvgIpc) is 3.58. The van der Waals surface area contributed by atoms with Crippen molar-refractivity contribution < 1.29 is 19.4 Å². The van der Waals surface area contributed by atoms with E-state index in [1.165, 1.54) is 4.90 Å². The van der Waals surface area contributed by atoms with E-state index in [9.17, 15) is 14.7 Å². The molecule has 0 fully saturated rings. The van der Waals surface area contributed by atoms with Crippen LogP contribution in [0.25, 0.3) is 0 Å². The molecule has 3 aromatic carbocycles. The highest BCUT2D eigenvalue weighted by molar-refractivity contribution is 6.20. The Bertz CT molecular complexity index is 1830. The molecular weight excluding hydrogens is 558 g/mol. The Hall–Kier alpha value is -5.71. The molecule has 1 atom stereocenters. The van der Waals surface area contributed by atoms with Gasteiger partial charge in [-0.2, -0.15) is 9.78 Å². The normalized spacial score (nSPS) is 14.9. The summed E-state index contributed by atoms with van der Waals surface area (Å²) in [4.78, 5) is 28.6. The monoisotopic (exact) mass is 587 g/mol. The molecule has 220 valence electrons. The molecular formula is C33H29N7O4. The Kier molecular flexibility index (Phi) is 7.67. The Balaban J connectivity index is 1.33. The van der Waals surface area contributed by atoms with Gasteiger partial charge in [0.1, 0.15) is 5.75 Å². The number of ether oxygens (including phenoxy) is 1. The Morgan fingerprint density at radius 1 is 0.909 bits per heavy atom. The molecule has 2 aromatic heterocycles. The molecule has 11 heteroatoms. The molecule has 1 N–H and O–H groups in total. The van der Waals surface area contributed by atoms with Crippen LogP contribution in [0.3, 0.4) is 0 Å². The Labute approximate surface area is 253 Å². The molecule has 1 aliphatic heterocycles. The molecule has 0 spiro atoms. The summed E-state index contributed by atoms with van der Waals surface area (Å²) >= 11 is 0. The fourth-order valence-electron chi connectivity index (χ4n) is 5.03. The third kappa shape index (κ3) is 5.54. The summed E-state index contributed by atoms with van der Waals surface area (Å²) < 4.78 is 7.52. The van der Waals surface area contributed by atoms with E-state index in [4.69, 9.17) is 4.74 Å². The van der Waals surface area contributed by atoms with Crippen molar-refractivity contribution in [2.24, 2.45) is 0 Å². The lowest BCUT2D eigenvalue weighted by atomic mass is 9.91. The predicted molar refractivity (Wildman–Crippen MR) is 161 cm³/mol. The van der Waals surface area contributed by atoms with E-state index in [0.29, 0.717) is 29.1 Å². The maximum absolute atomic E-state index is 13.9. The minimum atomic E-state index is -0.964. The fourth-order valence-corrected chi connectivity index (χ4v) is 5.03. The van der Waals surface area contributed by atoms with Crippen LogP contribution in [-0.2, 0) is 11.3 Å². The van der Waals surface area contributed by atoms with Crippen LogP contribution in [-0.4, -0.2) is 47.2 Å². The maximum Gasteiger partial charge on any atom is 0.341 e. The first-order chi connectivity index (χ1) is 21.3. The van der Waals surface area contributed by atoms with Gasteiger partial charge in [-0.25, -0.2) is 0 Å². The first kappa shape index (κ1) is 28.4. The van der Waals surface area contributed by atoms with E-state index in [2.05, 4.69) is 39.6 Å². The van der Waals surface area contributed by atoms with Gasteiger partial charge in [0.15, 0.2) is 17.4 Å². The van der Waals surface area contributed by atoms with Crippen molar-refractivity contribution in [3.8, 4) is 11.8 Å². The van der Waals surface area contributed by atoms with Crippen LogP contribution in [0.2, 0.25) is 0 Å². The third-order valence-electron chi connectivity index (χ3n) is 7.40. The van der Waals surface area contributed by atoms with Gasteiger partial charge >= 0.3 is 6.01 Å². The molecule has 3 heterocycles. The standard InChI is InChI=1S/C33H29N7O4/c1-20(2)23-10-12-25(13-11-23)30(41)28-29(40(32(43)31(28)42)27-18-9-21(3)34-35-27)24-14-16-26(17-15-24)44-33-36-37-38-39(33)19-22-7-5-4-6-8-22/h4-18,20,29,42H,19H2,1-3H3. The number of aromatic nitrogens is 6. The van der Waals surface area contributed by atoms with Crippen molar-refractivity contribution in [2.75, 3.05) is 4.90 Å². The molecule has 0 saturated carbocycles. The van der Waals surface area contributed by atoms with Crippen molar-refractivity contribution in [1.82, 2.24) is 30.4 Å². The zero-order valence-corrected chi connectivity index (χ0v) is 24.3. The number of carbonyl (C=O) groups is 2. The summed E-state index contributed by atoms with van der Waals surface area (Å²) in [5.74, 6) is -0.901. The van der Waals surface area contributed by atoms with Crippen LogP contribution >= 0.6 is 0 Å². The van der Waals surface area contributed by atoms with Crippen molar-refractivity contribution in [3.63, 3.8) is 0 Å². The van der Waals surface area contributed by atoms with Gasteiger partial charge in [0.2, 0.25) is 0 Å². The highest BCUT2D eigenvalue weighted by Crippen LogP contribution is 2.41. The van der Waals surface area contributed by atoms with Crippen LogP contribution in [0.1, 0.15) is 58.5 Å². The number of nitrogens with zero attached hydrogens (tertiary/aromatic N) is 7. The van der Waals surface area contributed by atoms with Crippen molar-refractivity contribution in [3.05, 3.63) is 130 Å². The highest BCUT2D eigenvalue weighted by Gasteiger charge is 2.45. The SMILES string of the molecule is Cc1ccc(N2C(=O)C(O)=C(C(=O)c3ccc(C(C)C)cc3)C2c2ccc(Oc3nnnn3Cc3ccccc3)cc2)nn1. The Morgan fingerprint density at radius 3 is 2.30 bits per heavy atom. The van der Waals surface area contributed by atoms with Gasteiger partial charge in [-0.15, -0.1) is 5.10 Å². The van der Waals surface area contributed by atoms with Gasteiger partial charge in [0.05, 0.1) is 23.9 Å². The van der Waals surface area contributed by atoms with E-state index >= 15 is 0 Å². The van der Waals surface area contributed by atoms with E-state index < -0.39 is 23.5 Å². The zero-order chi connectivity index (χ0) is 30.8. The molecule has 5 aromatic rings. The minimum Gasteiger partial charge on any atom is -0.503 e. The second kappa shape index (κ2) is 11.9. The van der Waals surface area contributed by atoms with Crippen molar-refractivity contribution >= 4 is 17.5 Å². The van der Waals surface area contributed by atoms with E-state index in [1.54, 1.807) is 60.1 Å². The average molecular weight is 588 g/mol. The molecule has 1 aliphatic rings.